The second-order valence-electron chi connectivity index (χ2n) is 5.41. The molecule has 0 unspecified atom stereocenters. The number of phenols is 1. The zero-order valence-electron chi connectivity index (χ0n) is 12.9. The number of phenolic OH excluding ortho intramolecular Hbond substituents is 1. The van der Waals surface area contributed by atoms with E-state index in [9.17, 15) is 5.11 Å². The summed E-state index contributed by atoms with van der Waals surface area (Å²) in [6.07, 6.45) is 0.970. The number of methoxy groups -OCH3 is 1. The smallest absolute Gasteiger partial charge is 0.120 e. The van der Waals surface area contributed by atoms with E-state index in [4.69, 9.17) is 4.74 Å². The highest BCUT2D eigenvalue weighted by atomic mass is 16.5. The number of ether oxygens (including phenoxy) is 1. The Morgan fingerprint density at radius 2 is 1.90 bits per heavy atom. The van der Waals surface area contributed by atoms with Crippen LogP contribution >= 0.6 is 0 Å². The van der Waals surface area contributed by atoms with E-state index in [1.807, 2.05) is 6.07 Å². The Labute approximate surface area is 126 Å². The van der Waals surface area contributed by atoms with E-state index in [1.54, 1.807) is 19.2 Å². The average Bonchev–Trinajstić information content (AvgIpc) is 2.49. The van der Waals surface area contributed by atoms with Crippen LogP contribution in [0.4, 0.5) is 0 Å². The predicted molar refractivity (Wildman–Crippen MR) is 85.8 cm³/mol. The van der Waals surface area contributed by atoms with E-state index >= 15 is 0 Å². The summed E-state index contributed by atoms with van der Waals surface area (Å²) in [6, 6.07) is 14.1. The van der Waals surface area contributed by atoms with E-state index in [0.29, 0.717) is 18.3 Å². The van der Waals surface area contributed by atoms with Crippen molar-refractivity contribution in [1.82, 2.24) is 5.32 Å². The van der Waals surface area contributed by atoms with E-state index < -0.39 is 0 Å². The molecule has 3 nitrogen and oxygen atoms in total. The Balaban J connectivity index is 1.95. The van der Waals surface area contributed by atoms with Gasteiger partial charge < -0.3 is 15.2 Å². The van der Waals surface area contributed by atoms with E-state index in [0.717, 1.165) is 17.7 Å². The average molecular weight is 285 g/mol. The molecule has 0 fully saturated rings. The summed E-state index contributed by atoms with van der Waals surface area (Å²) in [7, 11) is 1.63. The van der Waals surface area contributed by atoms with Crippen LogP contribution in [0.1, 0.15) is 23.6 Å². The zero-order valence-corrected chi connectivity index (χ0v) is 12.9. The third-order valence-electron chi connectivity index (χ3n) is 3.71. The van der Waals surface area contributed by atoms with Crippen LogP contribution in [-0.4, -0.2) is 18.3 Å². The third-order valence-corrected chi connectivity index (χ3v) is 3.71. The lowest BCUT2D eigenvalue weighted by atomic mass is 10.0. The molecule has 0 spiro atoms. The number of aryl methyl sites for hydroxylation is 1. The second kappa shape index (κ2) is 7.14. The number of hydrogen-bond donors (Lipinski definition) is 2. The van der Waals surface area contributed by atoms with Crippen LogP contribution in [0.2, 0.25) is 0 Å². The molecule has 0 radical (unpaired) electrons. The van der Waals surface area contributed by atoms with Crippen molar-refractivity contribution in [2.24, 2.45) is 0 Å². The molecule has 21 heavy (non-hydrogen) atoms. The molecular formula is C18H23NO2. The molecule has 1 atom stereocenters. The van der Waals surface area contributed by atoms with E-state index in [-0.39, 0.29) is 0 Å². The summed E-state index contributed by atoms with van der Waals surface area (Å²) in [6.45, 7) is 4.91. The SMILES string of the molecule is COc1ccc(O)c(CN[C@H](C)Cc2ccccc2C)c1. The molecule has 0 saturated carbocycles. The predicted octanol–water partition coefficient (Wildman–Crippen LogP) is 3.43. The number of hydrogen-bond acceptors (Lipinski definition) is 3. The largest absolute Gasteiger partial charge is 0.508 e. The fourth-order valence-electron chi connectivity index (χ4n) is 2.36. The van der Waals surface area contributed by atoms with Gasteiger partial charge in [0.15, 0.2) is 0 Å². The molecule has 0 saturated heterocycles. The van der Waals surface area contributed by atoms with Gasteiger partial charge in [0.2, 0.25) is 0 Å². The molecule has 0 amide bonds. The van der Waals surface area contributed by atoms with Crippen molar-refractivity contribution in [3.05, 3.63) is 59.2 Å². The van der Waals surface area contributed by atoms with Crippen molar-refractivity contribution >= 4 is 0 Å². The van der Waals surface area contributed by atoms with Gasteiger partial charge in [0.1, 0.15) is 11.5 Å². The van der Waals surface area contributed by atoms with Crippen LogP contribution < -0.4 is 10.1 Å². The van der Waals surface area contributed by atoms with Gasteiger partial charge >= 0.3 is 0 Å². The van der Waals surface area contributed by atoms with Gasteiger partial charge in [-0.25, -0.2) is 0 Å². The summed E-state index contributed by atoms with van der Waals surface area (Å²) in [5.41, 5.74) is 3.52. The minimum atomic E-state index is 0.298. The van der Waals surface area contributed by atoms with Crippen molar-refractivity contribution in [3.63, 3.8) is 0 Å². The standard InChI is InChI=1S/C18H23NO2/c1-13-6-4-5-7-15(13)10-14(2)19-12-16-11-17(21-3)8-9-18(16)20/h4-9,11,14,19-20H,10,12H2,1-3H3/t14-/m1/s1. The van der Waals surface area contributed by atoms with Gasteiger partial charge in [-0.2, -0.15) is 0 Å². The molecule has 2 rings (SSSR count). The highest BCUT2D eigenvalue weighted by molar-refractivity contribution is 5.39. The molecule has 0 heterocycles. The lowest BCUT2D eigenvalue weighted by molar-refractivity contribution is 0.409. The molecule has 2 aromatic rings. The van der Waals surface area contributed by atoms with Gasteiger partial charge in [0.05, 0.1) is 7.11 Å². The van der Waals surface area contributed by atoms with Crippen molar-refractivity contribution in [3.8, 4) is 11.5 Å². The minimum Gasteiger partial charge on any atom is -0.508 e. The first-order chi connectivity index (χ1) is 10.1. The lowest BCUT2D eigenvalue weighted by Crippen LogP contribution is -2.27. The fourth-order valence-corrected chi connectivity index (χ4v) is 2.36. The van der Waals surface area contributed by atoms with Crippen molar-refractivity contribution in [2.75, 3.05) is 7.11 Å². The maximum absolute atomic E-state index is 9.88. The summed E-state index contributed by atoms with van der Waals surface area (Å²) < 4.78 is 5.19. The van der Waals surface area contributed by atoms with Gasteiger partial charge in [-0.15, -0.1) is 0 Å². The van der Waals surface area contributed by atoms with Crippen LogP contribution in [0.5, 0.6) is 11.5 Å². The monoisotopic (exact) mass is 285 g/mol. The Bertz CT molecular complexity index is 596. The second-order valence-corrected chi connectivity index (χ2v) is 5.41. The summed E-state index contributed by atoms with van der Waals surface area (Å²) >= 11 is 0. The molecular weight excluding hydrogens is 262 g/mol. The zero-order chi connectivity index (χ0) is 15.2. The molecule has 0 aliphatic rings. The lowest BCUT2D eigenvalue weighted by Gasteiger charge is -2.16. The number of nitrogens with one attached hydrogen (secondary N) is 1. The minimum absolute atomic E-state index is 0.298. The Morgan fingerprint density at radius 1 is 1.14 bits per heavy atom. The van der Waals surface area contributed by atoms with Gasteiger partial charge in [0, 0.05) is 18.2 Å². The van der Waals surface area contributed by atoms with Crippen LogP contribution in [-0.2, 0) is 13.0 Å². The number of rotatable bonds is 6. The molecule has 0 aromatic heterocycles. The van der Waals surface area contributed by atoms with Crippen LogP contribution in [0.3, 0.4) is 0 Å². The summed E-state index contributed by atoms with van der Waals surface area (Å²) in [4.78, 5) is 0. The van der Waals surface area contributed by atoms with Gasteiger partial charge in [-0.1, -0.05) is 24.3 Å². The molecule has 0 bridgehead atoms. The fraction of sp³-hybridized carbons (Fsp3) is 0.333. The van der Waals surface area contributed by atoms with E-state index in [2.05, 4.69) is 43.4 Å². The van der Waals surface area contributed by atoms with Crippen molar-refractivity contribution < 1.29 is 9.84 Å². The Kier molecular flexibility index (Phi) is 5.23. The van der Waals surface area contributed by atoms with Crippen molar-refractivity contribution in [1.29, 1.82) is 0 Å². The molecule has 0 aliphatic heterocycles. The summed E-state index contributed by atoms with van der Waals surface area (Å²) in [5.74, 6) is 1.06. The van der Waals surface area contributed by atoms with Crippen molar-refractivity contribution in [2.45, 2.75) is 32.9 Å². The quantitative estimate of drug-likeness (QED) is 0.854. The highest BCUT2D eigenvalue weighted by Crippen LogP contribution is 2.22. The molecule has 3 heteroatoms. The maximum atomic E-state index is 9.88. The third kappa shape index (κ3) is 4.23. The summed E-state index contributed by atoms with van der Waals surface area (Å²) in [5, 5.41) is 13.3. The first-order valence-corrected chi connectivity index (χ1v) is 7.24. The maximum Gasteiger partial charge on any atom is 0.120 e. The van der Waals surface area contributed by atoms with Gasteiger partial charge in [-0.3, -0.25) is 0 Å². The van der Waals surface area contributed by atoms with Crippen LogP contribution in [0, 0.1) is 6.92 Å². The molecule has 112 valence electrons. The Morgan fingerprint density at radius 3 is 2.62 bits per heavy atom. The van der Waals surface area contributed by atoms with E-state index in [1.165, 1.54) is 11.1 Å². The first kappa shape index (κ1) is 15.4. The highest BCUT2D eigenvalue weighted by Gasteiger charge is 2.08. The molecule has 2 N–H and O–H groups in total. The van der Waals surface area contributed by atoms with Gasteiger partial charge in [0.25, 0.3) is 0 Å². The topological polar surface area (TPSA) is 41.5 Å². The number of aromatic hydroxyl groups is 1. The Hall–Kier alpha value is -2.00. The van der Waals surface area contributed by atoms with Gasteiger partial charge in [-0.05, 0) is 49.6 Å². The molecule has 0 aliphatic carbocycles. The van der Waals surface area contributed by atoms with Crippen LogP contribution in [0.25, 0.3) is 0 Å². The van der Waals surface area contributed by atoms with Crippen LogP contribution in [0.15, 0.2) is 42.5 Å². The number of benzene rings is 2. The normalized spacial score (nSPS) is 12.1. The first-order valence-electron chi connectivity index (χ1n) is 7.24. The molecule has 2 aromatic carbocycles.